The molecule has 180 valence electrons. The third-order valence-corrected chi connectivity index (χ3v) is 6.74. The average Bonchev–Trinajstić information content (AvgIpc) is 3.09. The van der Waals surface area contributed by atoms with Crippen LogP contribution in [0.1, 0.15) is 30.4 Å². The molecule has 0 spiro atoms. The van der Waals surface area contributed by atoms with Crippen molar-refractivity contribution in [2.75, 3.05) is 49.1 Å². The molecule has 10 heteroatoms. The molecule has 2 fully saturated rings. The first-order valence-corrected chi connectivity index (χ1v) is 11.7. The van der Waals surface area contributed by atoms with Crippen molar-refractivity contribution < 1.29 is 18.0 Å². The molecular weight excluding hydrogens is 467 g/mol. The number of carbonyl (C=O) groups excluding carboxylic acids is 1. The van der Waals surface area contributed by atoms with E-state index in [0.717, 1.165) is 37.5 Å². The van der Waals surface area contributed by atoms with Crippen molar-refractivity contribution in [2.45, 2.75) is 25.4 Å². The van der Waals surface area contributed by atoms with Crippen molar-refractivity contribution in [3.63, 3.8) is 0 Å². The van der Waals surface area contributed by atoms with Crippen LogP contribution >= 0.6 is 11.6 Å². The van der Waals surface area contributed by atoms with Crippen LogP contribution in [0.25, 0.3) is 0 Å². The zero-order valence-electron chi connectivity index (χ0n) is 18.6. The molecular formula is C24H25ClF3N5O. The van der Waals surface area contributed by atoms with Crippen molar-refractivity contribution in [2.24, 2.45) is 5.92 Å². The Labute approximate surface area is 201 Å². The molecule has 0 unspecified atom stereocenters. The second-order valence-corrected chi connectivity index (χ2v) is 9.02. The highest BCUT2D eigenvalue weighted by Gasteiger charge is 2.34. The Balaban J connectivity index is 1.32. The smallest absolute Gasteiger partial charge is 0.370 e. The summed E-state index contributed by atoms with van der Waals surface area (Å²) in [6.45, 7) is 3.91. The van der Waals surface area contributed by atoms with Crippen molar-refractivity contribution in [3.05, 3.63) is 52.7 Å². The topological polar surface area (TPSA) is 63.5 Å². The van der Waals surface area contributed by atoms with Crippen LogP contribution in [-0.2, 0) is 11.0 Å². The zero-order chi connectivity index (χ0) is 24.3. The summed E-state index contributed by atoms with van der Waals surface area (Å²) in [7, 11) is 0. The van der Waals surface area contributed by atoms with Gasteiger partial charge in [-0.2, -0.15) is 18.4 Å². The Morgan fingerprint density at radius 1 is 1.03 bits per heavy atom. The molecule has 0 atom stereocenters. The molecule has 0 N–H and O–H groups in total. The number of halogens is 4. The maximum atomic E-state index is 13.2. The van der Waals surface area contributed by atoms with Crippen LogP contribution in [-0.4, -0.2) is 55.1 Å². The fourth-order valence-corrected chi connectivity index (χ4v) is 4.84. The number of anilines is 2. The number of nitrogens with zero attached hydrogens (tertiary/aromatic N) is 5. The van der Waals surface area contributed by atoms with Crippen molar-refractivity contribution in [3.8, 4) is 6.07 Å². The normalized spacial score (nSPS) is 17.9. The molecule has 2 aromatic rings. The molecule has 2 saturated heterocycles. The van der Waals surface area contributed by atoms with Crippen LogP contribution < -0.4 is 9.80 Å². The Bertz CT molecular complexity index is 1060. The fraction of sp³-hybridized carbons (Fsp3) is 0.458. The van der Waals surface area contributed by atoms with Gasteiger partial charge >= 0.3 is 6.18 Å². The third-order valence-electron chi connectivity index (χ3n) is 6.46. The van der Waals surface area contributed by atoms with Gasteiger partial charge < -0.3 is 14.7 Å². The van der Waals surface area contributed by atoms with Crippen LogP contribution in [0.2, 0.25) is 5.02 Å². The average molecular weight is 492 g/mol. The predicted octanol–water partition coefficient (Wildman–Crippen LogP) is 4.58. The Morgan fingerprint density at radius 3 is 2.35 bits per heavy atom. The van der Waals surface area contributed by atoms with Gasteiger partial charge in [-0.25, -0.2) is 4.98 Å². The van der Waals surface area contributed by atoms with Crippen LogP contribution in [0.4, 0.5) is 24.7 Å². The summed E-state index contributed by atoms with van der Waals surface area (Å²) in [5.41, 5.74) is 0.791. The summed E-state index contributed by atoms with van der Waals surface area (Å²) < 4.78 is 38.6. The minimum absolute atomic E-state index is 0.0324. The van der Waals surface area contributed by atoms with E-state index in [0.29, 0.717) is 50.4 Å². The lowest BCUT2D eigenvalue weighted by Crippen LogP contribution is -2.44. The number of amides is 1. The number of alkyl halides is 3. The lowest BCUT2D eigenvalue weighted by Gasteiger charge is -2.35. The second-order valence-electron chi connectivity index (χ2n) is 8.61. The molecule has 34 heavy (non-hydrogen) atoms. The maximum Gasteiger partial charge on any atom is 0.417 e. The Kier molecular flexibility index (Phi) is 7.17. The summed E-state index contributed by atoms with van der Waals surface area (Å²) in [4.78, 5) is 23.1. The number of aromatic nitrogens is 1. The monoisotopic (exact) mass is 491 g/mol. The summed E-state index contributed by atoms with van der Waals surface area (Å²) in [5.74, 6) is 0.340. The molecule has 0 radical (unpaired) electrons. The van der Waals surface area contributed by atoms with E-state index in [9.17, 15) is 18.0 Å². The predicted molar refractivity (Wildman–Crippen MR) is 124 cm³/mol. The number of benzene rings is 1. The van der Waals surface area contributed by atoms with Crippen molar-refractivity contribution >= 4 is 29.0 Å². The Hall–Kier alpha value is -2.99. The highest BCUT2D eigenvalue weighted by atomic mass is 35.5. The third kappa shape index (κ3) is 5.39. The highest BCUT2D eigenvalue weighted by molar-refractivity contribution is 6.33. The van der Waals surface area contributed by atoms with E-state index in [-0.39, 0.29) is 16.8 Å². The number of hydrogen-bond donors (Lipinski definition) is 0. The van der Waals surface area contributed by atoms with Gasteiger partial charge in [-0.05, 0) is 49.6 Å². The molecule has 0 saturated carbocycles. The quantitative estimate of drug-likeness (QED) is 0.629. The highest BCUT2D eigenvalue weighted by Crippen LogP contribution is 2.35. The van der Waals surface area contributed by atoms with Crippen molar-refractivity contribution in [1.29, 1.82) is 5.26 Å². The molecule has 0 aliphatic carbocycles. The molecule has 6 nitrogen and oxygen atoms in total. The van der Waals surface area contributed by atoms with Crippen molar-refractivity contribution in [1.82, 2.24) is 9.88 Å². The molecule has 2 aliphatic heterocycles. The maximum absolute atomic E-state index is 13.2. The van der Waals surface area contributed by atoms with Gasteiger partial charge in [-0.15, -0.1) is 0 Å². The number of nitriles is 1. The van der Waals surface area contributed by atoms with E-state index in [1.165, 1.54) is 0 Å². The van der Waals surface area contributed by atoms with Gasteiger partial charge in [-0.1, -0.05) is 11.6 Å². The fourth-order valence-electron chi connectivity index (χ4n) is 4.56. The largest absolute Gasteiger partial charge is 0.417 e. The number of piperidine rings is 1. The van der Waals surface area contributed by atoms with E-state index < -0.39 is 11.7 Å². The van der Waals surface area contributed by atoms with E-state index in [1.807, 2.05) is 21.9 Å². The van der Waals surface area contributed by atoms with Gasteiger partial charge in [0, 0.05) is 57.1 Å². The number of pyridine rings is 1. The van der Waals surface area contributed by atoms with E-state index >= 15 is 0 Å². The number of carbonyl (C=O) groups is 1. The lowest BCUT2D eigenvalue weighted by molar-refractivity contribution is -0.138. The first-order valence-electron chi connectivity index (χ1n) is 11.3. The van der Waals surface area contributed by atoms with Gasteiger partial charge in [0.25, 0.3) is 0 Å². The Morgan fingerprint density at radius 2 is 1.74 bits per heavy atom. The molecule has 2 aliphatic rings. The summed E-state index contributed by atoms with van der Waals surface area (Å²) >= 11 is 6.09. The SMILES string of the molecule is N#Cc1ccc(N2CCCN(C(=O)C3CCN(c4ncc(C(F)(F)F)cc4Cl)CC3)CC2)cc1. The van der Waals surface area contributed by atoms with Gasteiger partial charge in [0.1, 0.15) is 5.82 Å². The van der Waals surface area contributed by atoms with Gasteiger partial charge in [-0.3, -0.25) is 4.79 Å². The van der Waals surface area contributed by atoms with Crippen LogP contribution in [0.3, 0.4) is 0 Å². The summed E-state index contributed by atoms with van der Waals surface area (Å²) in [6, 6.07) is 10.5. The first-order chi connectivity index (χ1) is 16.3. The summed E-state index contributed by atoms with van der Waals surface area (Å²) in [6.07, 6.45) is -1.62. The molecule has 1 amide bonds. The van der Waals surface area contributed by atoms with Crippen LogP contribution in [0, 0.1) is 17.2 Å². The molecule has 1 aromatic carbocycles. The van der Waals surface area contributed by atoms with Crippen LogP contribution in [0.5, 0.6) is 0 Å². The molecule has 0 bridgehead atoms. The lowest BCUT2D eigenvalue weighted by atomic mass is 9.95. The first kappa shape index (κ1) is 24.1. The molecule has 3 heterocycles. The van der Waals surface area contributed by atoms with E-state index in [2.05, 4.69) is 16.0 Å². The van der Waals surface area contributed by atoms with Gasteiger partial charge in [0.05, 0.1) is 22.2 Å². The van der Waals surface area contributed by atoms with Crippen LogP contribution in [0.15, 0.2) is 36.5 Å². The zero-order valence-corrected chi connectivity index (χ0v) is 19.3. The minimum Gasteiger partial charge on any atom is -0.370 e. The van der Waals surface area contributed by atoms with E-state index in [4.69, 9.17) is 16.9 Å². The van der Waals surface area contributed by atoms with Gasteiger partial charge in [0.2, 0.25) is 5.91 Å². The summed E-state index contributed by atoms with van der Waals surface area (Å²) in [5, 5.41) is 8.94. The minimum atomic E-state index is -4.49. The van der Waals surface area contributed by atoms with E-state index in [1.54, 1.807) is 12.1 Å². The number of hydrogen-bond acceptors (Lipinski definition) is 5. The number of rotatable bonds is 3. The van der Waals surface area contributed by atoms with Gasteiger partial charge in [0.15, 0.2) is 0 Å². The second kappa shape index (κ2) is 10.1. The molecule has 1 aromatic heterocycles. The standard InChI is InChI=1S/C24H25ClF3N5O/c25-21-14-19(24(26,27)28)16-30-22(21)32-10-6-18(7-11-32)23(34)33-9-1-8-31(12-13-33)20-4-2-17(15-29)3-5-20/h2-5,14,16,18H,1,6-13H2. The molecule has 4 rings (SSSR count).